The van der Waals surface area contributed by atoms with Crippen LogP contribution in [0.1, 0.15) is 48.5 Å². The van der Waals surface area contributed by atoms with Crippen LogP contribution in [-0.4, -0.2) is 16.2 Å². The zero-order chi connectivity index (χ0) is 16.8. The number of carbonyl (C=O) groups is 1. The van der Waals surface area contributed by atoms with E-state index in [2.05, 4.69) is 5.16 Å². The van der Waals surface area contributed by atoms with Gasteiger partial charge in [0.05, 0.1) is 5.56 Å². The van der Waals surface area contributed by atoms with E-state index >= 15 is 0 Å². The molecule has 3 rings (SSSR count). The minimum atomic E-state index is -4.52. The minimum Gasteiger partial charge on any atom is -0.481 e. The normalized spacial score (nSPS) is 16.3. The Hall–Kier alpha value is -2.31. The van der Waals surface area contributed by atoms with E-state index in [1.54, 1.807) is 6.07 Å². The maximum absolute atomic E-state index is 13.3. The molecule has 1 aromatic heterocycles. The molecule has 1 fully saturated rings. The average Bonchev–Trinajstić information content (AvgIpc) is 3.22. The van der Waals surface area contributed by atoms with Crippen LogP contribution in [0.4, 0.5) is 13.2 Å². The van der Waals surface area contributed by atoms with Crippen molar-refractivity contribution in [1.82, 2.24) is 5.16 Å². The number of hydrogen-bond acceptors (Lipinski definition) is 3. The lowest BCUT2D eigenvalue weighted by Crippen LogP contribution is -2.08. The summed E-state index contributed by atoms with van der Waals surface area (Å²) in [5.74, 6) is -1.89. The largest absolute Gasteiger partial charge is 0.481 e. The first-order chi connectivity index (χ1) is 10.8. The van der Waals surface area contributed by atoms with Crippen LogP contribution in [-0.2, 0) is 11.0 Å². The standard InChI is InChI=1S/C16H14F3NO3/c1-8(15(21)22)14-7-13(20-23-14)11-5-4-10(9-2-3-9)6-12(11)16(17,18)19/h4-9H,2-3H2,1H3,(H,21,22). The number of carboxylic acid groups (broad SMARTS) is 1. The summed E-state index contributed by atoms with van der Waals surface area (Å²) in [5, 5.41) is 12.6. The van der Waals surface area contributed by atoms with Gasteiger partial charge in [-0.2, -0.15) is 13.2 Å². The molecule has 1 unspecified atom stereocenters. The molecule has 1 saturated carbocycles. The first-order valence-corrected chi connectivity index (χ1v) is 7.18. The molecule has 1 aliphatic rings. The third-order valence-corrected chi connectivity index (χ3v) is 4.00. The molecule has 0 bridgehead atoms. The lowest BCUT2D eigenvalue weighted by atomic mass is 9.98. The van der Waals surface area contributed by atoms with Gasteiger partial charge in [-0.05, 0) is 37.3 Å². The smallest absolute Gasteiger partial charge is 0.417 e. The highest BCUT2D eigenvalue weighted by Gasteiger charge is 2.36. The van der Waals surface area contributed by atoms with Gasteiger partial charge in [-0.3, -0.25) is 4.79 Å². The zero-order valence-electron chi connectivity index (χ0n) is 12.2. The summed E-state index contributed by atoms with van der Waals surface area (Å²) < 4.78 is 44.9. The lowest BCUT2D eigenvalue weighted by molar-refractivity contribution is -0.139. The molecule has 0 saturated heterocycles. The number of rotatable bonds is 4. The highest BCUT2D eigenvalue weighted by Crippen LogP contribution is 2.44. The van der Waals surface area contributed by atoms with Gasteiger partial charge < -0.3 is 9.63 Å². The van der Waals surface area contributed by atoms with Crippen molar-refractivity contribution in [3.05, 3.63) is 41.2 Å². The van der Waals surface area contributed by atoms with Crippen LogP contribution in [0.3, 0.4) is 0 Å². The predicted octanol–water partition coefficient (Wildman–Crippen LogP) is 4.43. The van der Waals surface area contributed by atoms with Crippen molar-refractivity contribution in [2.75, 3.05) is 0 Å². The quantitative estimate of drug-likeness (QED) is 0.903. The Labute approximate surface area is 129 Å². The molecule has 0 spiro atoms. The summed E-state index contributed by atoms with van der Waals surface area (Å²) in [6, 6.07) is 5.45. The Morgan fingerprint density at radius 1 is 1.35 bits per heavy atom. The molecule has 23 heavy (non-hydrogen) atoms. The molecule has 2 aromatic rings. The molecule has 1 N–H and O–H groups in total. The summed E-state index contributed by atoms with van der Waals surface area (Å²) in [7, 11) is 0. The molecular weight excluding hydrogens is 311 g/mol. The van der Waals surface area contributed by atoms with Crippen LogP contribution in [0.5, 0.6) is 0 Å². The molecule has 122 valence electrons. The van der Waals surface area contributed by atoms with E-state index in [1.165, 1.54) is 19.1 Å². The number of benzene rings is 1. The Morgan fingerprint density at radius 3 is 2.61 bits per heavy atom. The minimum absolute atomic E-state index is 0.0113. The van der Waals surface area contributed by atoms with Gasteiger partial charge in [-0.25, -0.2) is 0 Å². The number of hydrogen-bond donors (Lipinski definition) is 1. The van der Waals surface area contributed by atoms with Crippen LogP contribution >= 0.6 is 0 Å². The highest BCUT2D eigenvalue weighted by molar-refractivity contribution is 5.75. The van der Waals surface area contributed by atoms with Crippen molar-refractivity contribution in [3.63, 3.8) is 0 Å². The topological polar surface area (TPSA) is 63.3 Å². The van der Waals surface area contributed by atoms with Crippen LogP contribution < -0.4 is 0 Å². The van der Waals surface area contributed by atoms with Crippen molar-refractivity contribution in [2.45, 2.75) is 37.8 Å². The van der Waals surface area contributed by atoms with Crippen LogP contribution in [0.2, 0.25) is 0 Å². The molecule has 7 heteroatoms. The second-order valence-corrected chi connectivity index (χ2v) is 5.75. The van der Waals surface area contributed by atoms with Crippen molar-refractivity contribution in [2.24, 2.45) is 0 Å². The molecule has 1 heterocycles. The summed E-state index contributed by atoms with van der Waals surface area (Å²) in [5.41, 5.74) is -0.217. The lowest BCUT2D eigenvalue weighted by Gasteiger charge is -2.13. The SMILES string of the molecule is CC(C(=O)O)c1cc(-c2ccc(C3CC3)cc2C(F)(F)F)no1. The van der Waals surface area contributed by atoms with E-state index in [0.29, 0.717) is 5.56 Å². The second kappa shape index (κ2) is 5.40. The highest BCUT2D eigenvalue weighted by atomic mass is 19.4. The van der Waals surface area contributed by atoms with Gasteiger partial charge >= 0.3 is 12.1 Å². The fraction of sp³-hybridized carbons (Fsp3) is 0.375. The monoisotopic (exact) mass is 325 g/mol. The van der Waals surface area contributed by atoms with Gasteiger partial charge in [-0.15, -0.1) is 0 Å². The molecule has 1 aromatic carbocycles. The number of aliphatic carboxylic acids is 1. The molecular formula is C16H14F3NO3. The number of alkyl halides is 3. The van der Waals surface area contributed by atoms with Gasteiger partial charge in [-0.1, -0.05) is 17.3 Å². The van der Waals surface area contributed by atoms with Crippen LogP contribution in [0.15, 0.2) is 28.8 Å². The number of nitrogens with zero attached hydrogens (tertiary/aromatic N) is 1. The van der Waals surface area contributed by atoms with Gasteiger partial charge in [0, 0.05) is 11.6 Å². The van der Waals surface area contributed by atoms with Gasteiger partial charge in [0.2, 0.25) is 0 Å². The fourth-order valence-corrected chi connectivity index (χ4v) is 2.43. The van der Waals surface area contributed by atoms with E-state index in [1.807, 2.05) is 0 Å². The second-order valence-electron chi connectivity index (χ2n) is 5.75. The van der Waals surface area contributed by atoms with Gasteiger partial charge in [0.1, 0.15) is 11.6 Å². The molecule has 4 nitrogen and oxygen atoms in total. The number of halogens is 3. The fourth-order valence-electron chi connectivity index (χ4n) is 2.43. The third-order valence-electron chi connectivity index (χ3n) is 4.00. The van der Waals surface area contributed by atoms with E-state index < -0.39 is 23.6 Å². The first-order valence-electron chi connectivity index (χ1n) is 7.18. The number of aromatic nitrogens is 1. The van der Waals surface area contributed by atoms with E-state index in [4.69, 9.17) is 9.63 Å². The summed E-state index contributed by atoms with van der Waals surface area (Å²) in [4.78, 5) is 10.9. The molecule has 1 atom stereocenters. The molecule has 0 amide bonds. The van der Waals surface area contributed by atoms with Crippen LogP contribution in [0, 0.1) is 0 Å². The summed E-state index contributed by atoms with van der Waals surface area (Å²) in [6.45, 7) is 1.38. The third kappa shape index (κ3) is 3.09. The Morgan fingerprint density at radius 2 is 2.04 bits per heavy atom. The number of carboxylic acids is 1. The Balaban J connectivity index is 2.03. The van der Waals surface area contributed by atoms with Gasteiger partial charge in [0.15, 0.2) is 5.76 Å². The van der Waals surface area contributed by atoms with Crippen molar-refractivity contribution in [3.8, 4) is 11.3 Å². The molecule has 1 aliphatic carbocycles. The summed E-state index contributed by atoms with van der Waals surface area (Å²) >= 11 is 0. The zero-order valence-corrected chi connectivity index (χ0v) is 12.2. The van der Waals surface area contributed by atoms with E-state index in [0.717, 1.165) is 18.9 Å². The Bertz CT molecular complexity index is 747. The first kappa shape index (κ1) is 15.6. The van der Waals surface area contributed by atoms with Crippen molar-refractivity contribution in [1.29, 1.82) is 0 Å². The maximum atomic E-state index is 13.3. The van der Waals surface area contributed by atoms with E-state index in [9.17, 15) is 18.0 Å². The summed E-state index contributed by atoms with van der Waals surface area (Å²) in [6.07, 6.45) is -2.71. The average molecular weight is 325 g/mol. The van der Waals surface area contributed by atoms with Crippen molar-refractivity contribution >= 4 is 5.97 Å². The molecule has 0 aliphatic heterocycles. The molecule has 0 radical (unpaired) electrons. The van der Waals surface area contributed by atoms with Crippen LogP contribution in [0.25, 0.3) is 11.3 Å². The maximum Gasteiger partial charge on any atom is 0.417 e. The Kier molecular flexibility index (Phi) is 3.66. The predicted molar refractivity (Wildman–Crippen MR) is 75.0 cm³/mol. The van der Waals surface area contributed by atoms with Crippen molar-refractivity contribution < 1.29 is 27.6 Å². The van der Waals surface area contributed by atoms with E-state index in [-0.39, 0.29) is 22.9 Å². The van der Waals surface area contributed by atoms with Gasteiger partial charge in [0.25, 0.3) is 0 Å².